The number of halogens is 2. The molecule has 1 heterocycles. The highest BCUT2D eigenvalue weighted by molar-refractivity contribution is 4.81. The van der Waals surface area contributed by atoms with E-state index in [1.54, 1.807) is 0 Å². The highest BCUT2D eigenvalue weighted by Crippen LogP contribution is 2.01. The van der Waals surface area contributed by atoms with E-state index in [1.165, 1.54) is 0 Å². The number of hydrogen-bond donors (Lipinski definition) is 5. The molecule has 1 fully saturated rings. The van der Waals surface area contributed by atoms with Crippen LogP contribution >= 0.6 is 0 Å². The van der Waals surface area contributed by atoms with Gasteiger partial charge in [0, 0.05) is 0 Å². The molecular formula is C6H16Br2N2O3. The van der Waals surface area contributed by atoms with Crippen LogP contribution in [-0.4, -0.2) is 52.8 Å². The van der Waals surface area contributed by atoms with Crippen molar-refractivity contribution in [2.45, 2.75) is 24.3 Å². The summed E-state index contributed by atoms with van der Waals surface area (Å²) < 4.78 is 0. The van der Waals surface area contributed by atoms with E-state index in [1.807, 2.05) is 5.32 Å². The maximum Gasteiger partial charge on any atom is 0.168 e. The number of aliphatic hydroxyl groups excluding tert-OH is 3. The minimum Gasteiger partial charge on any atom is -1.00 e. The lowest BCUT2D eigenvalue weighted by Crippen LogP contribution is -3.03. The Morgan fingerprint density at radius 2 is 1.85 bits per heavy atom. The molecule has 0 aromatic rings. The first-order valence-electron chi connectivity index (χ1n) is 3.80. The van der Waals surface area contributed by atoms with Gasteiger partial charge in [-0.2, -0.15) is 0 Å². The van der Waals surface area contributed by atoms with Crippen molar-refractivity contribution in [1.82, 2.24) is 0 Å². The zero-order valence-electron chi connectivity index (χ0n) is 7.11. The second kappa shape index (κ2) is 7.10. The summed E-state index contributed by atoms with van der Waals surface area (Å²) in [5, 5.41) is 29.1. The van der Waals surface area contributed by atoms with Crippen molar-refractivity contribution in [3.05, 3.63) is 0 Å². The van der Waals surface area contributed by atoms with Gasteiger partial charge in [-0.1, -0.05) is 0 Å². The summed E-state index contributed by atoms with van der Waals surface area (Å²) in [6.45, 7) is 0.441. The quantitative estimate of drug-likeness (QED) is 0.331. The molecule has 13 heavy (non-hydrogen) atoms. The molecule has 1 rings (SSSR count). The topological polar surface area (TPSA) is 105 Å². The molecule has 0 spiro atoms. The van der Waals surface area contributed by atoms with Gasteiger partial charge in [0.2, 0.25) is 0 Å². The van der Waals surface area contributed by atoms with Crippen LogP contribution in [0.1, 0.15) is 0 Å². The second-order valence-electron chi connectivity index (χ2n) is 3.04. The van der Waals surface area contributed by atoms with Gasteiger partial charge in [0.15, 0.2) is 12.1 Å². The lowest BCUT2D eigenvalue weighted by atomic mass is 9.95. The first kappa shape index (κ1) is 16.2. The number of hydrogen-bond acceptors (Lipinski definition) is 3. The van der Waals surface area contributed by atoms with Crippen LogP contribution in [0.4, 0.5) is 0 Å². The van der Waals surface area contributed by atoms with Gasteiger partial charge in [0.05, 0.1) is 0 Å². The van der Waals surface area contributed by atoms with Crippen LogP contribution < -0.4 is 45.0 Å². The van der Waals surface area contributed by atoms with Crippen LogP contribution in [0, 0.1) is 0 Å². The standard InChI is InChI=1S/C6H14N2O3.2BrH/c7-5-3(2-9)8-1-4(10)6(5)11;;/h3-6,8-11H,1-2,7H2;2*1H/t3-,4-,5-,6-;;/m1../s1. The fourth-order valence-corrected chi connectivity index (χ4v) is 1.38. The monoisotopic (exact) mass is 322 g/mol. The Hall–Kier alpha value is 0.760. The van der Waals surface area contributed by atoms with Crippen LogP contribution in [-0.2, 0) is 0 Å². The molecule has 0 bridgehead atoms. The predicted octanol–water partition coefficient (Wildman–Crippen LogP) is -10.7. The normalized spacial score (nSPS) is 38.8. The van der Waals surface area contributed by atoms with E-state index in [4.69, 9.17) is 10.2 Å². The Balaban J connectivity index is 0. The summed E-state index contributed by atoms with van der Waals surface area (Å²) in [6, 6.07) is -0.364. The highest BCUT2D eigenvalue weighted by atomic mass is 79.9. The van der Waals surface area contributed by atoms with E-state index >= 15 is 0 Å². The fourth-order valence-electron chi connectivity index (χ4n) is 1.38. The molecule has 0 aromatic carbocycles. The average molecular weight is 324 g/mol. The summed E-state index contributed by atoms with van der Waals surface area (Å²) in [6.07, 6.45) is -1.50. The third kappa shape index (κ3) is 3.78. The van der Waals surface area contributed by atoms with E-state index in [0.717, 1.165) is 0 Å². The lowest BCUT2D eigenvalue weighted by molar-refractivity contribution is -0.740. The molecule has 0 saturated carbocycles. The summed E-state index contributed by atoms with van der Waals surface area (Å²) in [4.78, 5) is 0. The zero-order valence-corrected chi connectivity index (χ0v) is 10.3. The molecule has 1 saturated heterocycles. The van der Waals surface area contributed by atoms with Gasteiger partial charge in [-0.15, -0.1) is 0 Å². The third-order valence-electron chi connectivity index (χ3n) is 2.27. The van der Waals surface area contributed by atoms with Gasteiger partial charge >= 0.3 is 0 Å². The van der Waals surface area contributed by atoms with Gasteiger partial charge in [-0.3, -0.25) is 0 Å². The molecule has 7 heteroatoms. The summed E-state index contributed by atoms with van der Waals surface area (Å²) in [5.74, 6) is 0. The number of nitrogens with two attached hydrogens (primary N) is 1. The van der Waals surface area contributed by atoms with E-state index in [9.17, 15) is 5.11 Å². The van der Waals surface area contributed by atoms with Crippen molar-refractivity contribution in [3.63, 3.8) is 0 Å². The number of rotatable bonds is 1. The fraction of sp³-hybridized carbons (Fsp3) is 1.00. The van der Waals surface area contributed by atoms with Crippen molar-refractivity contribution in [2.24, 2.45) is 0 Å². The maximum atomic E-state index is 9.30. The molecule has 5 nitrogen and oxygen atoms in total. The summed E-state index contributed by atoms with van der Waals surface area (Å²) in [5.41, 5.74) is 3.68. The number of quaternary nitrogens is 2. The van der Waals surface area contributed by atoms with Gasteiger partial charge in [-0.05, 0) is 0 Å². The van der Waals surface area contributed by atoms with Gasteiger partial charge in [0.25, 0.3) is 0 Å². The molecule has 1 aliphatic rings. The minimum absolute atomic E-state index is 0. The van der Waals surface area contributed by atoms with E-state index in [-0.39, 0.29) is 52.7 Å². The molecule has 0 radical (unpaired) electrons. The molecule has 82 valence electrons. The number of piperidine rings is 1. The smallest absolute Gasteiger partial charge is 0.168 e. The first-order chi connectivity index (χ1) is 5.16. The van der Waals surface area contributed by atoms with Crippen molar-refractivity contribution in [1.29, 1.82) is 0 Å². The zero-order chi connectivity index (χ0) is 8.43. The molecule has 1 aliphatic heterocycles. The molecule has 4 atom stereocenters. The van der Waals surface area contributed by atoms with Crippen molar-refractivity contribution < 1.29 is 60.3 Å². The predicted molar refractivity (Wildman–Crippen MR) is 36.4 cm³/mol. The first-order valence-corrected chi connectivity index (χ1v) is 3.80. The Labute approximate surface area is 97.9 Å². The Bertz CT molecular complexity index is 139. The molecule has 0 aliphatic carbocycles. The third-order valence-corrected chi connectivity index (χ3v) is 2.27. The largest absolute Gasteiger partial charge is 1.00 e. The molecule has 0 amide bonds. The Morgan fingerprint density at radius 1 is 1.31 bits per heavy atom. The second-order valence-corrected chi connectivity index (χ2v) is 3.04. The molecule has 8 N–H and O–H groups in total. The average Bonchev–Trinajstić information content (AvgIpc) is 2.01. The van der Waals surface area contributed by atoms with Crippen molar-refractivity contribution in [3.8, 4) is 0 Å². The van der Waals surface area contributed by atoms with Crippen molar-refractivity contribution in [2.75, 3.05) is 13.2 Å². The SMILES string of the molecule is [Br-].[Br-].[NH3+][C@H]1[C@H](O)[C@H](O)C[NH2+][C@@H]1CO. The number of aliphatic hydroxyl groups is 3. The molecular weight excluding hydrogens is 308 g/mol. The van der Waals surface area contributed by atoms with Gasteiger partial charge in [0.1, 0.15) is 25.4 Å². The summed E-state index contributed by atoms with van der Waals surface area (Å²) in [7, 11) is 0. The van der Waals surface area contributed by atoms with E-state index in [0.29, 0.717) is 6.54 Å². The maximum absolute atomic E-state index is 9.30. The van der Waals surface area contributed by atoms with Gasteiger partial charge < -0.3 is 60.3 Å². The Morgan fingerprint density at radius 3 is 2.31 bits per heavy atom. The van der Waals surface area contributed by atoms with Crippen LogP contribution in [0.5, 0.6) is 0 Å². The van der Waals surface area contributed by atoms with E-state index in [2.05, 4.69) is 5.73 Å². The minimum atomic E-state index is -0.794. The van der Waals surface area contributed by atoms with Crippen molar-refractivity contribution >= 4 is 0 Å². The van der Waals surface area contributed by atoms with Gasteiger partial charge in [-0.25, -0.2) is 0 Å². The Kier molecular flexibility index (Phi) is 8.85. The van der Waals surface area contributed by atoms with Crippen LogP contribution in [0.3, 0.4) is 0 Å². The molecule has 0 aromatic heterocycles. The van der Waals surface area contributed by atoms with Crippen LogP contribution in [0.15, 0.2) is 0 Å². The van der Waals surface area contributed by atoms with Crippen LogP contribution in [0.25, 0.3) is 0 Å². The molecule has 0 unspecified atom stereocenters. The van der Waals surface area contributed by atoms with Crippen LogP contribution in [0.2, 0.25) is 0 Å². The summed E-state index contributed by atoms with van der Waals surface area (Å²) >= 11 is 0. The lowest BCUT2D eigenvalue weighted by Gasteiger charge is -2.30. The highest BCUT2D eigenvalue weighted by Gasteiger charge is 2.40. The van der Waals surface area contributed by atoms with E-state index < -0.39 is 12.2 Å².